The van der Waals surface area contributed by atoms with Gasteiger partial charge >= 0.3 is 5.97 Å². The molecule has 0 aliphatic rings. The number of carbonyl (C=O) groups excluding carboxylic acids is 2. The van der Waals surface area contributed by atoms with Crippen molar-refractivity contribution in [1.29, 1.82) is 0 Å². The summed E-state index contributed by atoms with van der Waals surface area (Å²) in [4.78, 5) is 28.1. The highest BCUT2D eigenvalue weighted by Gasteiger charge is 2.06. The summed E-state index contributed by atoms with van der Waals surface area (Å²) in [7, 11) is 0. The lowest BCUT2D eigenvalue weighted by molar-refractivity contribution is -0.144. The van der Waals surface area contributed by atoms with Gasteiger partial charge in [0.1, 0.15) is 6.61 Å². The van der Waals surface area contributed by atoms with Crippen LogP contribution in [0.25, 0.3) is 6.08 Å². The molecule has 3 N–H and O–H groups in total. The molecule has 1 heterocycles. The molecule has 3 aromatic rings. The van der Waals surface area contributed by atoms with E-state index in [4.69, 9.17) is 10.5 Å². The van der Waals surface area contributed by atoms with Crippen LogP contribution in [0.15, 0.2) is 79.1 Å². The van der Waals surface area contributed by atoms with E-state index in [1.165, 1.54) is 6.08 Å². The first kappa shape index (κ1) is 19.8. The van der Waals surface area contributed by atoms with Crippen LogP contribution in [-0.4, -0.2) is 16.9 Å². The largest absolute Gasteiger partial charge is 0.460 e. The molecule has 0 saturated carbocycles. The number of benzene rings is 2. The van der Waals surface area contributed by atoms with Crippen LogP contribution in [0.3, 0.4) is 0 Å². The van der Waals surface area contributed by atoms with E-state index in [2.05, 4.69) is 10.3 Å². The number of ether oxygens (including phenoxy) is 1. The lowest BCUT2D eigenvalue weighted by Gasteiger charge is -2.06. The number of nitrogen functional groups attached to an aromatic ring is 1. The van der Waals surface area contributed by atoms with Crippen molar-refractivity contribution in [3.8, 4) is 0 Å². The van der Waals surface area contributed by atoms with Crippen molar-refractivity contribution in [3.05, 3.63) is 95.8 Å². The standard InChI is InChI=1S/C23H21N3O3/c24-20-8-1-2-9-21(20)26-22(27)11-10-17-5-3-6-18(13-17)14-23(28)29-16-19-7-4-12-25-15-19/h1-13,15H,14,16,24H2,(H,26,27)/b11-10+. The van der Waals surface area contributed by atoms with Crippen molar-refractivity contribution < 1.29 is 14.3 Å². The minimum atomic E-state index is -0.327. The molecular weight excluding hydrogens is 366 g/mol. The van der Waals surface area contributed by atoms with Gasteiger partial charge < -0.3 is 15.8 Å². The second kappa shape index (κ2) is 9.85. The number of amides is 1. The van der Waals surface area contributed by atoms with Gasteiger partial charge in [-0.05, 0) is 35.4 Å². The molecule has 146 valence electrons. The quantitative estimate of drug-likeness (QED) is 0.367. The average Bonchev–Trinajstić information content (AvgIpc) is 2.73. The van der Waals surface area contributed by atoms with Crippen LogP contribution in [0, 0.1) is 0 Å². The van der Waals surface area contributed by atoms with Crippen molar-refractivity contribution in [2.75, 3.05) is 11.1 Å². The number of nitrogens with two attached hydrogens (primary N) is 1. The smallest absolute Gasteiger partial charge is 0.310 e. The van der Waals surface area contributed by atoms with E-state index in [0.717, 1.165) is 16.7 Å². The van der Waals surface area contributed by atoms with E-state index in [1.807, 2.05) is 30.3 Å². The second-order valence-electron chi connectivity index (χ2n) is 6.35. The third-order valence-electron chi connectivity index (χ3n) is 4.07. The van der Waals surface area contributed by atoms with Crippen LogP contribution in [0.4, 0.5) is 11.4 Å². The normalized spacial score (nSPS) is 10.6. The van der Waals surface area contributed by atoms with Gasteiger partial charge in [0.25, 0.3) is 0 Å². The van der Waals surface area contributed by atoms with Gasteiger partial charge in [-0.3, -0.25) is 14.6 Å². The Hall–Kier alpha value is -3.93. The molecule has 0 aliphatic carbocycles. The van der Waals surface area contributed by atoms with E-state index in [-0.39, 0.29) is 24.9 Å². The van der Waals surface area contributed by atoms with Crippen LogP contribution in [0.1, 0.15) is 16.7 Å². The highest BCUT2D eigenvalue weighted by molar-refractivity contribution is 6.03. The molecule has 0 bridgehead atoms. The molecule has 0 spiro atoms. The molecule has 0 aliphatic heterocycles. The molecule has 6 nitrogen and oxygen atoms in total. The molecule has 0 unspecified atom stereocenters. The van der Waals surface area contributed by atoms with E-state index in [1.54, 1.807) is 48.8 Å². The Morgan fingerprint density at radius 3 is 2.66 bits per heavy atom. The minimum Gasteiger partial charge on any atom is -0.460 e. The molecule has 2 aromatic carbocycles. The Balaban J connectivity index is 1.54. The third-order valence-corrected chi connectivity index (χ3v) is 4.07. The van der Waals surface area contributed by atoms with Crippen LogP contribution in [0.5, 0.6) is 0 Å². The number of anilines is 2. The average molecular weight is 387 g/mol. The minimum absolute atomic E-state index is 0.148. The maximum Gasteiger partial charge on any atom is 0.310 e. The molecule has 6 heteroatoms. The van der Waals surface area contributed by atoms with Gasteiger partial charge in [0.15, 0.2) is 0 Å². The summed E-state index contributed by atoms with van der Waals surface area (Å²) < 4.78 is 5.27. The summed E-state index contributed by atoms with van der Waals surface area (Å²) in [6.45, 7) is 0.190. The van der Waals surface area contributed by atoms with E-state index in [9.17, 15) is 9.59 Å². The number of rotatable bonds is 7. The van der Waals surface area contributed by atoms with E-state index < -0.39 is 0 Å². The first-order valence-corrected chi connectivity index (χ1v) is 9.07. The van der Waals surface area contributed by atoms with Crippen molar-refractivity contribution in [3.63, 3.8) is 0 Å². The predicted molar refractivity (Wildman–Crippen MR) is 113 cm³/mol. The molecular formula is C23H21N3O3. The molecule has 1 amide bonds. The molecule has 3 rings (SSSR count). The van der Waals surface area contributed by atoms with Gasteiger partial charge in [0.2, 0.25) is 5.91 Å². The molecule has 0 radical (unpaired) electrons. The topological polar surface area (TPSA) is 94.3 Å². The van der Waals surface area contributed by atoms with Crippen molar-refractivity contribution >= 4 is 29.3 Å². The summed E-state index contributed by atoms with van der Waals surface area (Å²) in [5.74, 6) is -0.614. The fraction of sp³-hybridized carbons (Fsp3) is 0.0870. The molecule has 1 aromatic heterocycles. The Kier molecular flexibility index (Phi) is 6.73. The SMILES string of the molecule is Nc1ccccc1NC(=O)/C=C/c1cccc(CC(=O)OCc2cccnc2)c1. The zero-order valence-electron chi connectivity index (χ0n) is 15.7. The molecule has 0 saturated heterocycles. The zero-order valence-corrected chi connectivity index (χ0v) is 15.7. The number of hydrogen-bond donors (Lipinski definition) is 2. The number of pyridine rings is 1. The van der Waals surface area contributed by atoms with E-state index >= 15 is 0 Å². The predicted octanol–water partition coefficient (Wildman–Crippen LogP) is 3.60. The maximum atomic E-state index is 12.1. The number of aromatic nitrogens is 1. The first-order chi connectivity index (χ1) is 14.1. The van der Waals surface area contributed by atoms with Gasteiger partial charge in [0.05, 0.1) is 17.8 Å². The summed E-state index contributed by atoms with van der Waals surface area (Å²) >= 11 is 0. The molecule has 0 atom stereocenters. The fourth-order valence-corrected chi connectivity index (χ4v) is 2.63. The summed E-state index contributed by atoms with van der Waals surface area (Å²) in [5.41, 5.74) is 9.32. The summed E-state index contributed by atoms with van der Waals surface area (Å²) in [6, 6.07) is 18.1. The number of esters is 1. The Bertz CT molecular complexity index is 1020. The number of nitrogens with one attached hydrogen (secondary N) is 1. The first-order valence-electron chi connectivity index (χ1n) is 9.07. The Morgan fingerprint density at radius 1 is 1.03 bits per heavy atom. The Morgan fingerprint density at radius 2 is 1.86 bits per heavy atom. The second-order valence-corrected chi connectivity index (χ2v) is 6.35. The monoisotopic (exact) mass is 387 g/mol. The van der Waals surface area contributed by atoms with Crippen molar-refractivity contribution in [2.24, 2.45) is 0 Å². The lowest BCUT2D eigenvalue weighted by atomic mass is 10.1. The zero-order chi connectivity index (χ0) is 20.5. The highest BCUT2D eigenvalue weighted by Crippen LogP contribution is 2.17. The number of hydrogen-bond acceptors (Lipinski definition) is 5. The van der Waals surface area contributed by atoms with Gasteiger partial charge in [-0.15, -0.1) is 0 Å². The summed E-state index contributed by atoms with van der Waals surface area (Å²) in [5, 5.41) is 2.73. The molecule has 29 heavy (non-hydrogen) atoms. The maximum absolute atomic E-state index is 12.1. The number of nitrogens with zero attached hydrogens (tertiary/aromatic N) is 1. The third kappa shape index (κ3) is 6.32. The van der Waals surface area contributed by atoms with Crippen LogP contribution in [-0.2, 0) is 27.4 Å². The van der Waals surface area contributed by atoms with Gasteiger partial charge in [-0.1, -0.05) is 42.5 Å². The van der Waals surface area contributed by atoms with Gasteiger partial charge in [0, 0.05) is 24.0 Å². The van der Waals surface area contributed by atoms with Crippen molar-refractivity contribution in [2.45, 2.75) is 13.0 Å². The van der Waals surface area contributed by atoms with Crippen molar-refractivity contribution in [1.82, 2.24) is 4.98 Å². The summed E-state index contributed by atoms with van der Waals surface area (Å²) in [6.07, 6.45) is 6.58. The Labute approximate surface area is 169 Å². The van der Waals surface area contributed by atoms with Gasteiger partial charge in [-0.25, -0.2) is 0 Å². The number of carbonyl (C=O) groups is 2. The van der Waals surface area contributed by atoms with Crippen LogP contribution >= 0.6 is 0 Å². The number of para-hydroxylation sites is 2. The van der Waals surface area contributed by atoms with Crippen LogP contribution < -0.4 is 11.1 Å². The van der Waals surface area contributed by atoms with E-state index in [0.29, 0.717) is 11.4 Å². The fourth-order valence-electron chi connectivity index (χ4n) is 2.63. The molecule has 0 fully saturated rings. The van der Waals surface area contributed by atoms with Gasteiger partial charge in [-0.2, -0.15) is 0 Å². The highest BCUT2D eigenvalue weighted by atomic mass is 16.5. The van der Waals surface area contributed by atoms with Crippen LogP contribution in [0.2, 0.25) is 0 Å². The lowest BCUT2D eigenvalue weighted by Crippen LogP contribution is -2.09.